The highest BCUT2D eigenvalue weighted by atomic mass is 19.1. The van der Waals surface area contributed by atoms with Crippen LogP contribution in [0, 0.1) is 11.7 Å². The summed E-state index contributed by atoms with van der Waals surface area (Å²) >= 11 is 0. The Hall–Kier alpha value is -1.42. The average molecular weight is 224 g/mol. The predicted octanol–water partition coefficient (Wildman–Crippen LogP) is 1.77. The lowest BCUT2D eigenvalue weighted by atomic mass is 10.1. The quantitative estimate of drug-likeness (QED) is 0.847. The summed E-state index contributed by atoms with van der Waals surface area (Å²) in [5.74, 6) is -0.623. The molecule has 0 saturated carbocycles. The zero-order valence-corrected chi connectivity index (χ0v) is 9.61. The Morgan fingerprint density at radius 1 is 1.56 bits per heavy atom. The van der Waals surface area contributed by atoms with Crippen LogP contribution in [0.25, 0.3) is 0 Å². The molecule has 0 fully saturated rings. The molecule has 0 aliphatic carbocycles. The fraction of sp³-hybridized carbons (Fsp3) is 0.417. The molecule has 3 nitrogen and oxygen atoms in total. The van der Waals surface area contributed by atoms with Gasteiger partial charge in [-0.25, -0.2) is 4.39 Å². The van der Waals surface area contributed by atoms with E-state index in [4.69, 9.17) is 5.73 Å². The molecule has 1 rings (SSSR count). The first kappa shape index (κ1) is 12.6. The van der Waals surface area contributed by atoms with Crippen molar-refractivity contribution >= 4 is 11.6 Å². The lowest BCUT2D eigenvalue weighted by Gasteiger charge is -2.22. The first-order valence-corrected chi connectivity index (χ1v) is 5.33. The predicted molar refractivity (Wildman–Crippen MR) is 62.6 cm³/mol. The minimum absolute atomic E-state index is 0.0735. The van der Waals surface area contributed by atoms with Gasteiger partial charge in [-0.15, -0.1) is 0 Å². The maximum Gasteiger partial charge on any atom is 0.231 e. The first-order valence-electron chi connectivity index (χ1n) is 5.33. The summed E-state index contributed by atoms with van der Waals surface area (Å²) in [6, 6.07) is 5.96. The summed E-state index contributed by atoms with van der Waals surface area (Å²) in [5, 5.41) is 0. The van der Waals surface area contributed by atoms with Gasteiger partial charge in [0.2, 0.25) is 5.91 Å². The topological polar surface area (TPSA) is 46.3 Å². The van der Waals surface area contributed by atoms with Crippen LogP contribution >= 0.6 is 0 Å². The van der Waals surface area contributed by atoms with Crippen LogP contribution in [-0.4, -0.2) is 19.5 Å². The molecule has 1 atom stereocenters. The minimum atomic E-state index is -0.349. The number of hydrogen-bond acceptors (Lipinski definition) is 2. The van der Waals surface area contributed by atoms with Crippen LogP contribution in [0.1, 0.15) is 13.3 Å². The van der Waals surface area contributed by atoms with Crippen LogP contribution < -0.4 is 10.6 Å². The normalized spacial score (nSPS) is 12.2. The Balaban J connectivity index is 2.85. The third-order valence-electron chi connectivity index (χ3n) is 2.65. The summed E-state index contributed by atoms with van der Waals surface area (Å²) in [7, 11) is 1.63. The molecule has 0 bridgehead atoms. The third kappa shape index (κ3) is 2.79. The second kappa shape index (κ2) is 5.61. The van der Waals surface area contributed by atoms with Gasteiger partial charge in [0, 0.05) is 19.3 Å². The van der Waals surface area contributed by atoms with Crippen molar-refractivity contribution in [3.05, 3.63) is 30.1 Å². The van der Waals surface area contributed by atoms with E-state index >= 15 is 0 Å². The van der Waals surface area contributed by atoms with Crippen LogP contribution in [-0.2, 0) is 4.79 Å². The maximum absolute atomic E-state index is 13.0. The van der Waals surface area contributed by atoms with Gasteiger partial charge < -0.3 is 10.6 Å². The molecule has 1 aromatic rings. The Bertz CT molecular complexity index is 364. The van der Waals surface area contributed by atoms with E-state index in [2.05, 4.69) is 0 Å². The zero-order chi connectivity index (χ0) is 12.1. The Kier molecular flexibility index (Phi) is 4.43. The number of nitrogens with two attached hydrogens (primary N) is 1. The lowest BCUT2D eigenvalue weighted by Crippen LogP contribution is -2.36. The highest BCUT2D eigenvalue weighted by molar-refractivity contribution is 5.94. The molecule has 1 amide bonds. The molecule has 2 N–H and O–H groups in total. The fourth-order valence-corrected chi connectivity index (χ4v) is 1.53. The van der Waals surface area contributed by atoms with Crippen molar-refractivity contribution in [3.8, 4) is 0 Å². The van der Waals surface area contributed by atoms with Gasteiger partial charge in [-0.2, -0.15) is 0 Å². The molecule has 1 aromatic carbocycles. The summed E-state index contributed by atoms with van der Waals surface area (Å²) in [5.41, 5.74) is 6.06. The van der Waals surface area contributed by atoms with Crippen molar-refractivity contribution in [2.24, 2.45) is 11.7 Å². The van der Waals surface area contributed by atoms with E-state index in [9.17, 15) is 9.18 Å². The summed E-state index contributed by atoms with van der Waals surface area (Å²) in [6.07, 6.45) is 0.689. The molecule has 16 heavy (non-hydrogen) atoms. The fourth-order valence-electron chi connectivity index (χ4n) is 1.53. The Morgan fingerprint density at radius 2 is 2.25 bits per heavy atom. The monoisotopic (exact) mass is 224 g/mol. The van der Waals surface area contributed by atoms with E-state index in [1.54, 1.807) is 19.2 Å². The molecule has 0 aliphatic rings. The number of hydrogen-bond donors (Lipinski definition) is 1. The van der Waals surface area contributed by atoms with Gasteiger partial charge in [0.05, 0.1) is 5.92 Å². The third-order valence-corrected chi connectivity index (χ3v) is 2.65. The smallest absolute Gasteiger partial charge is 0.231 e. The van der Waals surface area contributed by atoms with Crippen molar-refractivity contribution in [1.82, 2.24) is 0 Å². The van der Waals surface area contributed by atoms with Crippen LogP contribution in [0.3, 0.4) is 0 Å². The highest BCUT2D eigenvalue weighted by Crippen LogP contribution is 2.17. The Labute approximate surface area is 95.0 Å². The lowest BCUT2D eigenvalue weighted by molar-refractivity contribution is -0.121. The minimum Gasteiger partial charge on any atom is -0.330 e. The second-order valence-corrected chi connectivity index (χ2v) is 3.72. The van der Waals surface area contributed by atoms with E-state index in [0.717, 1.165) is 0 Å². The van der Waals surface area contributed by atoms with Crippen molar-refractivity contribution < 1.29 is 9.18 Å². The van der Waals surface area contributed by atoms with Crippen LogP contribution in [0.4, 0.5) is 10.1 Å². The highest BCUT2D eigenvalue weighted by Gasteiger charge is 2.19. The van der Waals surface area contributed by atoms with Crippen molar-refractivity contribution in [1.29, 1.82) is 0 Å². The number of carbonyl (C=O) groups excluding carboxylic acids is 1. The molecule has 0 spiro atoms. The molecule has 4 heteroatoms. The van der Waals surface area contributed by atoms with Crippen LogP contribution in [0.15, 0.2) is 24.3 Å². The van der Waals surface area contributed by atoms with Crippen molar-refractivity contribution in [3.63, 3.8) is 0 Å². The molecule has 0 aromatic heterocycles. The van der Waals surface area contributed by atoms with Gasteiger partial charge in [-0.1, -0.05) is 13.0 Å². The van der Waals surface area contributed by atoms with E-state index in [-0.39, 0.29) is 17.6 Å². The number of benzene rings is 1. The molecule has 0 heterocycles. The van der Waals surface area contributed by atoms with E-state index < -0.39 is 0 Å². The van der Waals surface area contributed by atoms with E-state index in [0.29, 0.717) is 18.7 Å². The molecule has 0 aliphatic heterocycles. The zero-order valence-electron chi connectivity index (χ0n) is 9.61. The van der Waals surface area contributed by atoms with Crippen LogP contribution in [0.5, 0.6) is 0 Å². The van der Waals surface area contributed by atoms with Gasteiger partial charge in [0.1, 0.15) is 5.82 Å². The van der Waals surface area contributed by atoms with Crippen molar-refractivity contribution in [2.45, 2.75) is 13.3 Å². The standard InChI is InChI=1S/C12H17FN2O/c1-3-9(8-14)12(16)15(2)11-6-4-5-10(13)7-11/h4-7,9H,3,8,14H2,1-2H3. The molecule has 0 saturated heterocycles. The van der Waals surface area contributed by atoms with Crippen LogP contribution in [0.2, 0.25) is 0 Å². The summed E-state index contributed by atoms with van der Waals surface area (Å²) in [4.78, 5) is 13.4. The van der Waals surface area contributed by atoms with Crippen molar-refractivity contribution in [2.75, 3.05) is 18.5 Å². The number of anilines is 1. The summed E-state index contributed by atoms with van der Waals surface area (Å²) in [6.45, 7) is 2.23. The van der Waals surface area contributed by atoms with E-state index in [1.807, 2.05) is 6.92 Å². The molecule has 0 radical (unpaired) electrons. The summed E-state index contributed by atoms with van der Waals surface area (Å²) < 4.78 is 13.0. The maximum atomic E-state index is 13.0. The van der Waals surface area contributed by atoms with Gasteiger partial charge in [-0.3, -0.25) is 4.79 Å². The Morgan fingerprint density at radius 3 is 2.75 bits per heavy atom. The molecular weight excluding hydrogens is 207 g/mol. The largest absolute Gasteiger partial charge is 0.330 e. The number of carbonyl (C=O) groups is 1. The van der Waals surface area contributed by atoms with Gasteiger partial charge in [-0.05, 0) is 24.6 Å². The average Bonchev–Trinajstić information content (AvgIpc) is 2.29. The van der Waals surface area contributed by atoms with Gasteiger partial charge >= 0.3 is 0 Å². The molecular formula is C12H17FN2O. The van der Waals surface area contributed by atoms with Gasteiger partial charge in [0.15, 0.2) is 0 Å². The van der Waals surface area contributed by atoms with Gasteiger partial charge in [0.25, 0.3) is 0 Å². The first-order chi connectivity index (χ1) is 7.60. The molecule has 1 unspecified atom stereocenters. The number of rotatable bonds is 4. The molecule has 88 valence electrons. The SMILES string of the molecule is CCC(CN)C(=O)N(C)c1cccc(F)c1. The number of amides is 1. The second-order valence-electron chi connectivity index (χ2n) is 3.72. The number of halogens is 1. The number of nitrogens with zero attached hydrogens (tertiary/aromatic N) is 1. The van der Waals surface area contributed by atoms with E-state index in [1.165, 1.54) is 17.0 Å².